The number of hydrogen-bond donors (Lipinski definition) is 1. The van der Waals surface area contributed by atoms with Crippen molar-refractivity contribution in [3.05, 3.63) is 0 Å². The van der Waals surface area contributed by atoms with E-state index < -0.39 is 0 Å². The lowest BCUT2D eigenvalue weighted by Crippen LogP contribution is -2.46. The molecule has 0 bridgehead atoms. The molecule has 2 rings (SSSR count). The van der Waals surface area contributed by atoms with Gasteiger partial charge < -0.3 is 10.6 Å². The Balaban J connectivity index is 1.94. The molecule has 15 heavy (non-hydrogen) atoms. The predicted octanol–water partition coefficient (Wildman–Crippen LogP) is 2.24. The second-order valence-corrected chi connectivity index (χ2v) is 5.48. The van der Waals surface area contributed by atoms with E-state index >= 15 is 0 Å². The minimum Gasteiger partial charge on any atom is -0.330 e. The van der Waals surface area contributed by atoms with E-state index in [2.05, 4.69) is 11.9 Å². The minimum atomic E-state index is 0.840. The molecule has 0 radical (unpaired) electrons. The Labute approximate surface area is 94.2 Å². The standard InChI is InChI=1S/C13H26N2/c1-15-10-3-2-7-13(15)12(8-9-14)11-5-4-6-11/h11-13H,2-10,14H2,1H3. The lowest BCUT2D eigenvalue weighted by molar-refractivity contribution is 0.0604. The van der Waals surface area contributed by atoms with Gasteiger partial charge >= 0.3 is 0 Å². The number of nitrogens with zero attached hydrogens (tertiary/aromatic N) is 1. The molecule has 2 N–H and O–H groups in total. The topological polar surface area (TPSA) is 29.3 Å². The Bertz CT molecular complexity index is 189. The Morgan fingerprint density at radius 2 is 2.00 bits per heavy atom. The van der Waals surface area contributed by atoms with E-state index in [-0.39, 0.29) is 0 Å². The number of piperidine rings is 1. The Morgan fingerprint density at radius 1 is 1.20 bits per heavy atom. The third-order valence-electron chi connectivity index (χ3n) is 4.58. The first kappa shape index (κ1) is 11.4. The van der Waals surface area contributed by atoms with E-state index in [1.807, 2.05) is 0 Å². The van der Waals surface area contributed by atoms with Crippen molar-refractivity contribution in [2.75, 3.05) is 20.1 Å². The van der Waals surface area contributed by atoms with E-state index in [1.54, 1.807) is 0 Å². The van der Waals surface area contributed by atoms with Crippen molar-refractivity contribution in [3.8, 4) is 0 Å². The molecule has 88 valence electrons. The maximum absolute atomic E-state index is 5.78. The molecule has 0 spiro atoms. The van der Waals surface area contributed by atoms with E-state index in [0.717, 1.165) is 24.4 Å². The largest absolute Gasteiger partial charge is 0.330 e. The van der Waals surface area contributed by atoms with Crippen LogP contribution in [0.4, 0.5) is 0 Å². The average molecular weight is 210 g/mol. The number of rotatable bonds is 4. The zero-order valence-electron chi connectivity index (χ0n) is 10.1. The van der Waals surface area contributed by atoms with E-state index in [9.17, 15) is 0 Å². The summed E-state index contributed by atoms with van der Waals surface area (Å²) in [6, 6.07) is 0.840. The fraction of sp³-hybridized carbons (Fsp3) is 1.00. The molecule has 0 aromatic carbocycles. The number of likely N-dealkylation sites (tertiary alicyclic amines) is 1. The third kappa shape index (κ3) is 2.54. The molecule has 1 aliphatic heterocycles. The first-order chi connectivity index (χ1) is 7.33. The second-order valence-electron chi connectivity index (χ2n) is 5.48. The summed E-state index contributed by atoms with van der Waals surface area (Å²) in [7, 11) is 2.31. The van der Waals surface area contributed by atoms with Gasteiger partial charge in [-0.05, 0) is 51.2 Å². The predicted molar refractivity (Wildman–Crippen MR) is 64.8 cm³/mol. The van der Waals surface area contributed by atoms with Gasteiger partial charge in [0.05, 0.1) is 0 Å². The fourth-order valence-corrected chi connectivity index (χ4v) is 3.44. The number of hydrogen-bond acceptors (Lipinski definition) is 2. The monoisotopic (exact) mass is 210 g/mol. The summed E-state index contributed by atoms with van der Waals surface area (Å²) in [4.78, 5) is 2.60. The van der Waals surface area contributed by atoms with Crippen molar-refractivity contribution in [2.45, 2.75) is 51.0 Å². The highest BCUT2D eigenvalue weighted by Crippen LogP contribution is 2.40. The van der Waals surface area contributed by atoms with Gasteiger partial charge in [0.25, 0.3) is 0 Å². The molecule has 1 aliphatic carbocycles. The molecule has 1 saturated heterocycles. The molecule has 1 heterocycles. The Hall–Kier alpha value is -0.0800. The van der Waals surface area contributed by atoms with Gasteiger partial charge in [0.1, 0.15) is 0 Å². The zero-order valence-corrected chi connectivity index (χ0v) is 10.1. The van der Waals surface area contributed by atoms with Crippen molar-refractivity contribution < 1.29 is 0 Å². The SMILES string of the molecule is CN1CCCCC1C(CCN)C1CCC1. The molecule has 0 aromatic heterocycles. The van der Waals surface area contributed by atoms with Gasteiger partial charge in [0.2, 0.25) is 0 Å². The van der Waals surface area contributed by atoms with E-state index in [4.69, 9.17) is 5.73 Å². The summed E-state index contributed by atoms with van der Waals surface area (Å²) in [6.07, 6.45) is 9.89. The zero-order chi connectivity index (χ0) is 10.7. The van der Waals surface area contributed by atoms with Crippen molar-refractivity contribution in [1.29, 1.82) is 0 Å². The second kappa shape index (κ2) is 5.31. The first-order valence-electron chi connectivity index (χ1n) is 6.73. The minimum absolute atomic E-state index is 0.840. The van der Waals surface area contributed by atoms with Crippen LogP contribution in [0.3, 0.4) is 0 Å². The quantitative estimate of drug-likeness (QED) is 0.771. The van der Waals surface area contributed by atoms with Gasteiger partial charge in [0.15, 0.2) is 0 Å². The van der Waals surface area contributed by atoms with Crippen LogP contribution in [0.2, 0.25) is 0 Å². The molecule has 0 aromatic rings. The molecule has 1 saturated carbocycles. The molecule has 2 unspecified atom stereocenters. The summed E-state index contributed by atoms with van der Waals surface area (Å²) >= 11 is 0. The smallest absolute Gasteiger partial charge is 0.0124 e. The molecule has 2 aliphatic rings. The molecular weight excluding hydrogens is 184 g/mol. The van der Waals surface area contributed by atoms with Crippen LogP contribution >= 0.6 is 0 Å². The van der Waals surface area contributed by atoms with E-state index in [0.29, 0.717) is 0 Å². The van der Waals surface area contributed by atoms with Gasteiger partial charge in [-0.25, -0.2) is 0 Å². The average Bonchev–Trinajstić information content (AvgIpc) is 2.15. The molecular formula is C13H26N2. The molecule has 2 nitrogen and oxygen atoms in total. The van der Waals surface area contributed by atoms with Crippen molar-refractivity contribution >= 4 is 0 Å². The highest BCUT2D eigenvalue weighted by atomic mass is 15.1. The van der Waals surface area contributed by atoms with Gasteiger partial charge in [0, 0.05) is 6.04 Å². The maximum atomic E-state index is 5.78. The third-order valence-corrected chi connectivity index (χ3v) is 4.58. The van der Waals surface area contributed by atoms with E-state index in [1.165, 1.54) is 51.5 Å². The highest BCUT2D eigenvalue weighted by Gasteiger charge is 2.35. The summed E-state index contributed by atoms with van der Waals surface area (Å²) in [5.41, 5.74) is 5.78. The summed E-state index contributed by atoms with van der Waals surface area (Å²) in [5, 5.41) is 0. The van der Waals surface area contributed by atoms with Crippen LogP contribution in [-0.2, 0) is 0 Å². The Morgan fingerprint density at radius 3 is 2.53 bits per heavy atom. The first-order valence-corrected chi connectivity index (χ1v) is 6.73. The van der Waals surface area contributed by atoms with Crippen LogP contribution in [0.5, 0.6) is 0 Å². The lowest BCUT2D eigenvalue weighted by atomic mass is 9.69. The summed E-state index contributed by atoms with van der Waals surface area (Å²) in [5.74, 6) is 1.90. The van der Waals surface area contributed by atoms with Gasteiger partial charge in [-0.1, -0.05) is 25.7 Å². The van der Waals surface area contributed by atoms with Crippen molar-refractivity contribution in [1.82, 2.24) is 4.90 Å². The van der Waals surface area contributed by atoms with Crippen LogP contribution in [0.25, 0.3) is 0 Å². The lowest BCUT2D eigenvalue weighted by Gasteiger charge is -2.44. The molecule has 2 fully saturated rings. The van der Waals surface area contributed by atoms with Crippen LogP contribution in [0, 0.1) is 11.8 Å². The maximum Gasteiger partial charge on any atom is 0.0124 e. The molecule has 0 amide bonds. The van der Waals surface area contributed by atoms with Gasteiger partial charge in [-0.3, -0.25) is 0 Å². The summed E-state index contributed by atoms with van der Waals surface area (Å²) < 4.78 is 0. The fourth-order valence-electron chi connectivity index (χ4n) is 3.44. The number of nitrogens with two attached hydrogens (primary N) is 1. The van der Waals surface area contributed by atoms with Gasteiger partial charge in [-0.15, -0.1) is 0 Å². The Kier molecular flexibility index (Phi) is 4.04. The van der Waals surface area contributed by atoms with Crippen LogP contribution in [0.15, 0.2) is 0 Å². The molecule has 2 atom stereocenters. The van der Waals surface area contributed by atoms with Crippen molar-refractivity contribution in [2.24, 2.45) is 17.6 Å². The van der Waals surface area contributed by atoms with Crippen molar-refractivity contribution in [3.63, 3.8) is 0 Å². The highest BCUT2D eigenvalue weighted by molar-refractivity contribution is 4.88. The van der Waals surface area contributed by atoms with Crippen LogP contribution in [-0.4, -0.2) is 31.1 Å². The van der Waals surface area contributed by atoms with Gasteiger partial charge in [-0.2, -0.15) is 0 Å². The van der Waals surface area contributed by atoms with Crippen LogP contribution in [0.1, 0.15) is 44.9 Å². The summed E-state index contributed by atoms with van der Waals surface area (Å²) in [6.45, 7) is 2.18. The normalized spacial score (nSPS) is 31.2. The molecule has 2 heteroatoms. The van der Waals surface area contributed by atoms with Crippen LogP contribution < -0.4 is 5.73 Å².